The highest BCUT2D eigenvalue weighted by Gasteiger charge is 2.08. The van der Waals surface area contributed by atoms with Crippen LogP contribution in [0.15, 0.2) is 42.5 Å². The first-order chi connectivity index (χ1) is 9.11. The van der Waals surface area contributed by atoms with Crippen molar-refractivity contribution in [3.8, 4) is 12.3 Å². The molecule has 2 rings (SSSR count). The van der Waals surface area contributed by atoms with E-state index in [-0.39, 0.29) is 5.56 Å². The Morgan fingerprint density at radius 3 is 2.68 bits per heavy atom. The molecule has 0 aromatic heterocycles. The molecule has 0 aliphatic rings. The molecule has 0 saturated carbocycles. The highest BCUT2D eigenvalue weighted by atomic mass is 16.4. The van der Waals surface area contributed by atoms with Crippen LogP contribution in [0.2, 0.25) is 0 Å². The Labute approximate surface area is 111 Å². The summed E-state index contributed by atoms with van der Waals surface area (Å²) in [7, 11) is 0. The number of carboxylic acids is 1. The SMILES string of the molecule is C#Cc1ccccc1Nc1ccc(C)c(C(=O)O)c1. The van der Waals surface area contributed by atoms with Gasteiger partial charge in [-0.15, -0.1) is 6.42 Å². The molecule has 0 unspecified atom stereocenters. The smallest absolute Gasteiger partial charge is 0.336 e. The molecular weight excluding hydrogens is 238 g/mol. The fraction of sp³-hybridized carbons (Fsp3) is 0.0625. The Bertz CT molecular complexity index is 669. The standard InChI is InChI=1S/C16H13NO2/c1-3-12-6-4-5-7-15(12)17-13-9-8-11(2)14(10-13)16(18)19/h1,4-10,17H,2H3,(H,18,19). The minimum Gasteiger partial charge on any atom is -0.478 e. The van der Waals surface area contributed by atoms with E-state index in [1.54, 1.807) is 19.1 Å². The van der Waals surface area contributed by atoms with Gasteiger partial charge in [-0.1, -0.05) is 24.1 Å². The zero-order chi connectivity index (χ0) is 13.8. The molecule has 2 aromatic carbocycles. The molecule has 0 spiro atoms. The molecule has 19 heavy (non-hydrogen) atoms. The van der Waals surface area contributed by atoms with Gasteiger partial charge in [0.1, 0.15) is 0 Å². The molecule has 3 heteroatoms. The van der Waals surface area contributed by atoms with Gasteiger partial charge in [-0.3, -0.25) is 0 Å². The molecule has 0 fully saturated rings. The molecule has 0 atom stereocenters. The van der Waals surface area contributed by atoms with Crippen molar-refractivity contribution in [1.82, 2.24) is 0 Å². The second-order valence-electron chi connectivity index (χ2n) is 4.15. The van der Waals surface area contributed by atoms with E-state index < -0.39 is 5.97 Å². The predicted molar refractivity (Wildman–Crippen MR) is 75.8 cm³/mol. The van der Waals surface area contributed by atoms with Crippen molar-refractivity contribution < 1.29 is 9.90 Å². The number of hydrogen-bond donors (Lipinski definition) is 2. The molecule has 2 N–H and O–H groups in total. The van der Waals surface area contributed by atoms with E-state index in [1.165, 1.54) is 0 Å². The lowest BCUT2D eigenvalue weighted by Crippen LogP contribution is -2.01. The first-order valence-electron chi connectivity index (χ1n) is 5.78. The van der Waals surface area contributed by atoms with Gasteiger partial charge in [0.25, 0.3) is 0 Å². The van der Waals surface area contributed by atoms with Gasteiger partial charge in [-0.2, -0.15) is 0 Å². The average Bonchev–Trinajstić information content (AvgIpc) is 2.41. The number of anilines is 2. The Hall–Kier alpha value is -2.73. The molecule has 3 nitrogen and oxygen atoms in total. The van der Waals surface area contributed by atoms with Crippen LogP contribution >= 0.6 is 0 Å². The first kappa shape index (κ1) is 12.7. The first-order valence-corrected chi connectivity index (χ1v) is 5.78. The van der Waals surface area contributed by atoms with Crippen LogP contribution in [-0.4, -0.2) is 11.1 Å². The summed E-state index contributed by atoms with van der Waals surface area (Å²) in [6.07, 6.45) is 5.42. The molecule has 94 valence electrons. The van der Waals surface area contributed by atoms with Crippen LogP contribution < -0.4 is 5.32 Å². The maximum atomic E-state index is 11.1. The summed E-state index contributed by atoms with van der Waals surface area (Å²) in [5, 5.41) is 12.2. The van der Waals surface area contributed by atoms with Crippen molar-refractivity contribution in [3.05, 3.63) is 59.2 Å². The molecule has 0 radical (unpaired) electrons. The lowest BCUT2D eigenvalue weighted by atomic mass is 10.1. The van der Waals surface area contributed by atoms with Gasteiger partial charge in [-0.25, -0.2) is 4.79 Å². The zero-order valence-corrected chi connectivity index (χ0v) is 10.5. The van der Waals surface area contributed by atoms with Crippen LogP contribution in [0.3, 0.4) is 0 Å². The topological polar surface area (TPSA) is 49.3 Å². The number of rotatable bonds is 3. The Morgan fingerprint density at radius 2 is 2.00 bits per heavy atom. The van der Waals surface area contributed by atoms with E-state index in [2.05, 4.69) is 11.2 Å². The third-order valence-corrected chi connectivity index (χ3v) is 2.83. The number of para-hydroxylation sites is 1. The number of benzene rings is 2. The minimum absolute atomic E-state index is 0.281. The Morgan fingerprint density at radius 1 is 1.26 bits per heavy atom. The van der Waals surface area contributed by atoms with Crippen molar-refractivity contribution in [2.45, 2.75) is 6.92 Å². The number of nitrogens with one attached hydrogen (secondary N) is 1. The van der Waals surface area contributed by atoms with Crippen molar-refractivity contribution in [2.24, 2.45) is 0 Å². The highest BCUT2D eigenvalue weighted by molar-refractivity contribution is 5.91. The van der Waals surface area contributed by atoms with E-state index in [9.17, 15) is 4.79 Å². The Balaban J connectivity index is 2.37. The molecule has 0 amide bonds. The number of aryl methyl sites for hydroxylation is 1. The zero-order valence-electron chi connectivity index (χ0n) is 10.5. The second-order valence-corrected chi connectivity index (χ2v) is 4.15. The van der Waals surface area contributed by atoms with E-state index in [0.29, 0.717) is 5.69 Å². The molecular formula is C16H13NO2. The van der Waals surface area contributed by atoms with E-state index >= 15 is 0 Å². The van der Waals surface area contributed by atoms with Crippen LogP contribution in [0.25, 0.3) is 0 Å². The minimum atomic E-state index is -0.939. The fourth-order valence-electron chi connectivity index (χ4n) is 1.80. The second kappa shape index (κ2) is 5.28. The average molecular weight is 251 g/mol. The van der Waals surface area contributed by atoms with Crippen LogP contribution in [0, 0.1) is 19.3 Å². The molecule has 0 heterocycles. The van der Waals surface area contributed by atoms with Gasteiger partial charge in [0.05, 0.1) is 11.3 Å². The van der Waals surface area contributed by atoms with Gasteiger partial charge in [-0.05, 0) is 36.8 Å². The summed E-state index contributed by atoms with van der Waals surface area (Å²) in [5.41, 5.74) is 3.22. The highest BCUT2D eigenvalue weighted by Crippen LogP contribution is 2.22. The van der Waals surface area contributed by atoms with Crippen LogP contribution in [0.1, 0.15) is 21.5 Å². The van der Waals surface area contributed by atoms with Gasteiger partial charge in [0, 0.05) is 11.3 Å². The van der Waals surface area contributed by atoms with Gasteiger partial charge in [0.15, 0.2) is 0 Å². The van der Waals surface area contributed by atoms with E-state index in [4.69, 9.17) is 11.5 Å². The summed E-state index contributed by atoms with van der Waals surface area (Å²) < 4.78 is 0. The van der Waals surface area contributed by atoms with E-state index in [1.807, 2.05) is 30.3 Å². The summed E-state index contributed by atoms with van der Waals surface area (Å²) in [6.45, 7) is 1.77. The van der Waals surface area contributed by atoms with Crippen LogP contribution in [-0.2, 0) is 0 Å². The molecule has 2 aromatic rings. The van der Waals surface area contributed by atoms with Crippen molar-refractivity contribution in [3.63, 3.8) is 0 Å². The molecule has 0 bridgehead atoms. The predicted octanol–water partition coefficient (Wildman–Crippen LogP) is 3.42. The normalized spacial score (nSPS) is 9.68. The summed E-state index contributed by atoms with van der Waals surface area (Å²) >= 11 is 0. The number of carboxylic acid groups (broad SMARTS) is 1. The van der Waals surface area contributed by atoms with Gasteiger partial charge >= 0.3 is 5.97 Å². The summed E-state index contributed by atoms with van der Waals surface area (Å²) in [5.74, 6) is 1.65. The fourth-order valence-corrected chi connectivity index (χ4v) is 1.80. The summed E-state index contributed by atoms with van der Waals surface area (Å²) in [4.78, 5) is 11.1. The number of carbonyl (C=O) groups is 1. The maximum Gasteiger partial charge on any atom is 0.336 e. The van der Waals surface area contributed by atoms with Crippen LogP contribution in [0.5, 0.6) is 0 Å². The molecule has 0 aliphatic heterocycles. The Kier molecular flexibility index (Phi) is 3.53. The van der Waals surface area contributed by atoms with Crippen molar-refractivity contribution in [1.29, 1.82) is 0 Å². The molecule has 0 aliphatic carbocycles. The van der Waals surface area contributed by atoms with Gasteiger partial charge in [0.2, 0.25) is 0 Å². The third-order valence-electron chi connectivity index (χ3n) is 2.83. The van der Waals surface area contributed by atoms with Crippen LogP contribution in [0.4, 0.5) is 11.4 Å². The maximum absolute atomic E-state index is 11.1. The lowest BCUT2D eigenvalue weighted by molar-refractivity contribution is 0.0696. The van der Waals surface area contributed by atoms with E-state index in [0.717, 1.165) is 16.8 Å². The van der Waals surface area contributed by atoms with Crippen molar-refractivity contribution in [2.75, 3.05) is 5.32 Å². The van der Waals surface area contributed by atoms with Gasteiger partial charge < -0.3 is 10.4 Å². The number of hydrogen-bond acceptors (Lipinski definition) is 2. The monoisotopic (exact) mass is 251 g/mol. The summed E-state index contributed by atoms with van der Waals surface area (Å²) in [6, 6.07) is 12.6. The number of aromatic carboxylic acids is 1. The molecule has 0 saturated heterocycles. The third kappa shape index (κ3) is 2.75. The van der Waals surface area contributed by atoms with Crippen molar-refractivity contribution >= 4 is 17.3 Å². The largest absolute Gasteiger partial charge is 0.478 e. The quantitative estimate of drug-likeness (QED) is 0.822. The number of terminal acetylenes is 1. The lowest BCUT2D eigenvalue weighted by Gasteiger charge is -2.10.